The molecule has 0 saturated carbocycles. The molecule has 1 atom stereocenters. The Hall–Kier alpha value is -1.50. The van der Waals surface area contributed by atoms with E-state index in [1.165, 1.54) is 11.3 Å². The van der Waals surface area contributed by atoms with Crippen LogP contribution in [0.3, 0.4) is 0 Å². The van der Waals surface area contributed by atoms with Crippen molar-refractivity contribution in [2.75, 3.05) is 31.5 Å². The third-order valence-corrected chi connectivity index (χ3v) is 4.90. The quantitative estimate of drug-likeness (QED) is 0.858. The summed E-state index contributed by atoms with van der Waals surface area (Å²) in [4.78, 5) is 19.1. The molecular weight excluding hydrogens is 296 g/mol. The first kappa shape index (κ1) is 15.4. The lowest BCUT2D eigenvalue weighted by Crippen LogP contribution is -2.42. The lowest BCUT2D eigenvalue weighted by Gasteiger charge is -2.26. The summed E-state index contributed by atoms with van der Waals surface area (Å²) >= 11 is 1.52. The van der Waals surface area contributed by atoms with Gasteiger partial charge in [0.25, 0.3) is 0 Å². The van der Waals surface area contributed by atoms with E-state index in [9.17, 15) is 4.79 Å². The molecule has 1 unspecified atom stereocenters. The molecule has 0 radical (unpaired) electrons. The van der Waals surface area contributed by atoms with Crippen molar-refractivity contribution in [3.8, 4) is 0 Å². The van der Waals surface area contributed by atoms with Gasteiger partial charge in [0.2, 0.25) is 5.91 Å². The number of hydrogen-bond acceptors (Lipinski definition) is 5. The number of hydrogen-bond donors (Lipinski definition) is 2. The van der Waals surface area contributed by atoms with E-state index in [2.05, 4.69) is 27.4 Å². The number of anilines is 1. The van der Waals surface area contributed by atoms with Gasteiger partial charge in [0.15, 0.2) is 5.13 Å². The summed E-state index contributed by atoms with van der Waals surface area (Å²) in [6.07, 6.45) is 2.18. The zero-order chi connectivity index (χ0) is 15.4. The maximum Gasteiger partial charge on any atom is 0.240 e. The molecule has 1 aromatic carbocycles. The molecule has 1 fully saturated rings. The van der Waals surface area contributed by atoms with Crippen LogP contribution in [0.15, 0.2) is 24.3 Å². The first-order valence-corrected chi connectivity index (χ1v) is 8.68. The van der Waals surface area contributed by atoms with E-state index < -0.39 is 0 Å². The predicted molar refractivity (Wildman–Crippen MR) is 91.4 cm³/mol. The Morgan fingerprint density at radius 2 is 2.36 bits per heavy atom. The zero-order valence-electron chi connectivity index (χ0n) is 12.8. The van der Waals surface area contributed by atoms with Crippen molar-refractivity contribution in [2.24, 2.45) is 0 Å². The molecule has 3 rings (SSSR count). The Morgan fingerprint density at radius 3 is 3.09 bits per heavy atom. The number of thiazole rings is 1. The minimum Gasteiger partial charge on any atom is -0.315 e. The molecule has 1 amide bonds. The molecule has 0 aliphatic carbocycles. The van der Waals surface area contributed by atoms with Gasteiger partial charge in [0, 0.05) is 12.6 Å². The van der Waals surface area contributed by atoms with Crippen LogP contribution < -0.4 is 10.6 Å². The number of rotatable bonds is 6. The van der Waals surface area contributed by atoms with E-state index in [4.69, 9.17) is 0 Å². The minimum atomic E-state index is 0.0272. The highest BCUT2D eigenvalue weighted by molar-refractivity contribution is 7.22. The van der Waals surface area contributed by atoms with Gasteiger partial charge in [-0.1, -0.05) is 30.4 Å². The highest BCUT2D eigenvalue weighted by Gasteiger charge is 2.23. The Morgan fingerprint density at radius 1 is 1.50 bits per heavy atom. The Labute approximate surface area is 134 Å². The SMILES string of the molecule is CCCN(CC(=O)Nc1nc2ccccc2s1)C1CCNC1. The van der Waals surface area contributed by atoms with Gasteiger partial charge in [-0.25, -0.2) is 4.98 Å². The number of amides is 1. The zero-order valence-corrected chi connectivity index (χ0v) is 13.7. The number of nitrogens with zero attached hydrogens (tertiary/aromatic N) is 2. The normalized spacial score (nSPS) is 18.2. The van der Waals surface area contributed by atoms with Gasteiger partial charge in [-0.05, 0) is 38.1 Å². The number of carbonyl (C=O) groups excluding carboxylic acids is 1. The maximum atomic E-state index is 12.3. The topological polar surface area (TPSA) is 57.3 Å². The van der Waals surface area contributed by atoms with Crippen LogP contribution in [0.25, 0.3) is 10.2 Å². The van der Waals surface area contributed by atoms with Crippen molar-refractivity contribution in [3.63, 3.8) is 0 Å². The van der Waals surface area contributed by atoms with Gasteiger partial charge in [-0.3, -0.25) is 9.69 Å². The highest BCUT2D eigenvalue weighted by atomic mass is 32.1. The minimum absolute atomic E-state index is 0.0272. The third kappa shape index (κ3) is 3.63. The standard InChI is InChI=1S/C16H22N4OS/c1-2-9-20(12-7-8-17-10-12)11-15(21)19-16-18-13-5-3-4-6-14(13)22-16/h3-6,12,17H,2,7-11H2,1H3,(H,18,19,21). The molecule has 118 valence electrons. The smallest absolute Gasteiger partial charge is 0.240 e. The molecule has 0 spiro atoms. The molecule has 1 aliphatic rings. The second-order valence-electron chi connectivity index (χ2n) is 5.65. The highest BCUT2D eigenvalue weighted by Crippen LogP contribution is 2.25. The fourth-order valence-corrected chi connectivity index (χ4v) is 3.78. The molecule has 0 bridgehead atoms. The van der Waals surface area contributed by atoms with Crippen LogP contribution in [-0.2, 0) is 4.79 Å². The van der Waals surface area contributed by atoms with Crippen LogP contribution in [0, 0.1) is 0 Å². The van der Waals surface area contributed by atoms with Crippen molar-refractivity contribution in [1.29, 1.82) is 0 Å². The van der Waals surface area contributed by atoms with E-state index in [-0.39, 0.29) is 5.91 Å². The number of aromatic nitrogens is 1. The largest absolute Gasteiger partial charge is 0.315 e. The molecule has 5 nitrogen and oxygen atoms in total. The number of para-hydroxylation sites is 1. The van der Waals surface area contributed by atoms with Crippen LogP contribution in [0.1, 0.15) is 19.8 Å². The van der Waals surface area contributed by atoms with Gasteiger partial charge in [-0.2, -0.15) is 0 Å². The number of fused-ring (bicyclic) bond motifs is 1. The molecule has 2 N–H and O–H groups in total. The van der Waals surface area contributed by atoms with Gasteiger partial charge in [-0.15, -0.1) is 0 Å². The van der Waals surface area contributed by atoms with E-state index in [0.29, 0.717) is 17.7 Å². The van der Waals surface area contributed by atoms with Gasteiger partial charge in [0.1, 0.15) is 0 Å². The number of nitrogens with one attached hydrogen (secondary N) is 2. The first-order chi connectivity index (χ1) is 10.8. The monoisotopic (exact) mass is 318 g/mol. The third-order valence-electron chi connectivity index (χ3n) is 3.95. The van der Waals surface area contributed by atoms with E-state index >= 15 is 0 Å². The first-order valence-electron chi connectivity index (χ1n) is 7.86. The molecule has 1 saturated heterocycles. The summed E-state index contributed by atoms with van der Waals surface area (Å²) in [6, 6.07) is 8.41. The summed E-state index contributed by atoms with van der Waals surface area (Å²) in [6.45, 7) is 5.58. The second-order valence-corrected chi connectivity index (χ2v) is 6.68. The average Bonchev–Trinajstić information content (AvgIpc) is 3.15. The van der Waals surface area contributed by atoms with Crippen LogP contribution in [0.5, 0.6) is 0 Å². The van der Waals surface area contributed by atoms with E-state index in [1.807, 2.05) is 24.3 Å². The molecule has 1 aromatic heterocycles. The van der Waals surface area contributed by atoms with E-state index in [1.54, 1.807) is 0 Å². The molecule has 6 heteroatoms. The number of carbonyl (C=O) groups is 1. The summed E-state index contributed by atoms with van der Waals surface area (Å²) in [5.74, 6) is 0.0272. The van der Waals surface area contributed by atoms with Gasteiger partial charge >= 0.3 is 0 Å². The van der Waals surface area contributed by atoms with Crippen LogP contribution in [-0.4, -0.2) is 48.0 Å². The lowest BCUT2D eigenvalue weighted by atomic mass is 10.2. The van der Waals surface area contributed by atoms with Crippen LogP contribution in [0.2, 0.25) is 0 Å². The van der Waals surface area contributed by atoms with Gasteiger partial charge < -0.3 is 10.6 Å². The predicted octanol–water partition coefficient (Wildman–Crippen LogP) is 2.31. The molecular formula is C16H22N4OS. The summed E-state index contributed by atoms with van der Waals surface area (Å²) in [5, 5.41) is 7.01. The summed E-state index contributed by atoms with van der Waals surface area (Å²) in [5.41, 5.74) is 0.938. The van der Waals surface area contributed by atoms with Crippen molar-refractivity contribution in [3.05, 3.63) is 24.3 Å². The van der Waals surface area contributed by atoms with Crippen molar-refractivity contribution >= 4 is 32.6 Å². The van der Waals surface area contributed by atoms with Crippen molar-refractivity contribution in [2.45, 2.75) is 25.8 Å². The van der Waals surface area contributed by atoms with Crippen molar-refractivity contribution < 1.29 is 4.79 Å². The van der Waals surface area contributed by atoms with Gasteiger partial charge in [0.05, 0.1) is 16.8 Å². The molecule has 1 aliphatic heterocycles. The summed E-state index contributed by atoms with van der Waals surface area (Å²) in [7, 11) is 0. The Kier molecular flexibility index (Phi) is 5.02. The molecule has 22 heavy (non-hydrogen) atoms. The lowest BCUT2D eigenvalue weighted by molar-refractivity contribution is -0.117. The van der Waals surface area contributed by atoms with Crippen molar-refractivity contribution in [1.82, 2.24) is 15.2 Å². The summed E-state index contributed by atoms with van der Waals surface area (Å²) < 4.78 is 1.10. The van der Waals surface area contributed by atoms with Crippen LogP contribution >= 0.6 is 11.3 Å². The average molecular weight is 318 g/mol. The Balaban J connectivity index is 1.62. The second kappa shape index (κ2) is 7.17. The fraction of sp³-hybridized carbons (Fsp3) is 0.500. The number of benzene rings is 1. The van der Waals surface area contributed by atoms with Crippen LogP contribution in [0.4, 0.5) is 5.13 Å². The Bertz CT molecular complexity index is 603. The fourth-order valence-electron chi connectivity index (χ4n) is 2.90. The molecule has 2 aromatic rings. The molecule has 2 heterocycles. The maximum absolute atomic E-state index is 12.3. The van der Waals surface area contributed by atoms with E-state index in [0.717, 1.165) is 42.7 Å².